The predicted octanol–water partition coefficient (Wildman–Crippen LogP) is 2.12. The summed E-state index contributed by atoms with van der Waals surface area (Å²) >= 11 is 0. The van der Waals surface area contributed by atoms with Gasteiger partial charge in [-0.1, -0.05) is 12.1 Å². The normalized spacial score (nSPS) is 14.3. The minimum Gasteiger partial charge on any atom is -0.497 e. The highest BCUT2D eigenvalue weighted by atomic mass is 16.5. The molecule has 0 aliphatic carbocycles. The molecule has 1 aromatic carbocycles. The van der Waals surface area contributed by atoms with Gasteiger partial charge < -0.3 is 19.1 Å². The van der Waals surface area contributed by atoms with Crippen LogP contribution in [0.15, 0.2) is 53.5 Å². The van der Waals surface area contributed by atoms with Gasteiger partial charge in [-0.05, 0) is 23.8 Å². The molecule has 0 bridgehead atoms. The standard InChI is InChI=1S/C20H21N3O4/c1-25-16-4-2-3-15(11-16)14-27-17-5-6-23-19(12-17)21-18(13-20(23)24)22-7-9-26-10-8-22/h2-6,11-13H,7-10,14H2,1H3. The fraction of sp³-hybridized carbons (Fsp3) is 0.300. The number of pyridine rings is 1. The van der Waals surface area contributed by atoms with E-state index in [4.69, 9.17) is 14.2 Å². The first-order chi connectivity index (χ1) is 13.2. The van der Waals surface area contributed by atoms with Gasteiger partial charge in [-0.25, -0.2) is 4.98 Å². The topological polar surface area (TPSA) is 65.3 Å². The van der Waals surface area contributed by atoms with Gasteiger partial charge in [-0.15, -0.1) is 0 Å². The Balaban J connectivity index is 1.57. The maximum Gasteiger partial charge on any atom is 0.259 e. The van der Waals surface area contributed by atoms with Crippen LogP contribution in [0.25, 0.3) is 5.65 Å². The van der Waals surface area contributed by atoms with Gasteiger partial charge in [-0.2, -0.15) is 0 Å². The number of ether oxygens (including phenoxy) is 3. The summed E-state index contributed by atoms with van der Waals surface area (Å²) in [6.07, 6.45) is 1.69. The Labute approximate surface area is 156 Å². The van der Waals surface area contributed by atoms with Crippen molar-refractivity contribution in [2.24, 2.45) is 0 Å². The molecule has 2 aromatic heterocycles. The average Bonchev–Trinajstić information content (AvgIpc) is 2.72. The van der Waals surface area contributed by atoms with Gasteiger partial charge in [0.05, 0.1) is 20.3 Å². The van der Waals surface area contributed by atoms with Crippen molar-refractivity contribution in [2.45, 2.75) is 6.61 Å². The molecule has 0 amide bonds. The van der Waals surface area contributed by atoms with Gasteiger partial charge in [-0.3, -0.25) is 9.20 Å². The quantitative estimate of drug-likeness (QED) is 0.688. The van der Waals surface area contributed by atoms with Crippen molar-refractivity contribution in [1.82, 2.24) is 9.38 Å². The molecule has 0 radical (unpaired) electrons. The van der Waals surface area contributed by atoms with E-state index < -0.39 is 0 Å². The molecular weight excluding hydrogens is 346 g/mol. The van der Waals surface area contributed by atoms with Gasteiger partial charge in [0.25, 0.3) is 5.56 Å². The largest absolute Gasteiger partial charge is 0.497 e. The number of aromatic nitrogens is 2. The SMILES string of the molecule is COc1cccc(COc2ccn3c(=O)cc(N4CCOCC4)nc3c2)c1. The Bertz CT molecular complexity index is 996. The third kappa shape index (κ3) is 3.88. The molecule has 0 atom stereocenters. The summed E-state index contributed by atoms with van der Waals surface area (Å²) in [5.74, 6) is 2.12. The zero-order chi connectivity index (χ0) is 18.6. The lowest BCUT2D eigenvalue weighted by molar-refractivity contribution is 0.122. The zero-order valence-corrected chi connectivity index (χ0v) is 15.1. The third-order valence-corrected chi connectivity index (χ3v) is 4.50. The van der Waals surface area contributed by atoms with E-state index in [2.05, 4.69) is 9.88 Å². The lowest BCUT2D eigenvalue weighted by atomic mass is 10.2. The number of rotatable bonds is 5. The number of hydrogen-bond acceptors (Lipinski definition) is 6. The fourth-order valence-corrected chi connectivity index (χ4v) is 3.04. The van der Waals surface area contributed by atoms with E-state index in [9.17, 15) is 4.79 Å². The van der Waals surface area contributed by atoms with Crippen LogP contribution in [0.2, 0.25) is 0 Å². The van der Waals surface area contributed by atoms with E-state index in [1.165, 1.54) is 4.40 Å². The van der Waals surface area contributed by atoms with Crippen molar-refractivity contribution in [3.05, 3.63) is 64.6 Å². The number of benzene rings is 1. The number of morpholine rings is 1. The van der Waals surface area contributed by atoms with E-state index in [-0.39, 0.29) is 5.56 Å². The second-order valence-corrected chi connectivity index (χ2v) is 6.28. The minimum absolute atomic E-state index is 0.110. The Kier molecular flexibility index (Phi) is 4.93. The summed E-state index contributed by atoms with van der Waals surface area (Å²) in [7, 11) is 1.64. The van der Waals surface area contributed by atoms with Crippen LogP contribution in [0.1, 0.15) is 5.56 Å². The minimum atomic E-state index is -0.110. The molecule has 1 fully saturated rings. The van der Waals surface area contributed by atoms with E-state index >= 15 is 0 Å². The number of fused-ring (bicyclic) bond motifs is 1. The Hall–Kier alpha value is -3.06. The highest BCUT2D eigenvalue weighted by Crippen LogP contribution is 2.19. The highest BCUT2D eigenvalue weighted by Gasteiger charge is 2.14. The second kappa shape index (κ2) is 7.67. The van der Waals surface area contributed by atoms with Crippen LogP contribution in [0.4, 0.5) is 5.82 Å². The molecule has 0 saturated carbocycles. The molecule has 3 aromatic rings. The summed E-state index contributed by atoms with van der Waals surface area (Å²) in [4.78, 5) is 19.1. The molecule has 0 N–H and O–H groups in total. The second-order valence-electron chi connectivity index (χ2n) is 6.28. The molecule has 0 unspecified atom stereocenters. The van der Waals surface area contributed by atoms with Crippen molar-refractivity contribution >= 4 is 11.5 Å². The lowest BCUT2D eigenvalue weighted by Crippen LogP contribution is -2.37. The molecule has 1 aliphatic heterocycles. The molecule has 3 heterocycles. The monoisotopic (exact) mass is 367 g/mol. The number of nitrogens with zero attached hydrogens (tertiary/aromatic N) is 3. The summed E-state index contributed by atoms with van der Waals surface area (Å²) in [5.41, 5.74) is 1.45. The summed E-state index contributed by atoms with van der Waals surface area (Å²) in [6.45, 7) is 3.15. The molecule has 7 nitrogen and oxygen atoms in total. The molecule has 0 spiro atoms. The maximum absolute atomic E-state index is 12.4. The molecule has 7 heteroatoms. The Morgan fingerprint density at radius 3 is 2.78 bits per heavy atom. The zero-order valence-electron chi connectivity index (χ0n) is 15.1. The number of hydrogen-bond donors (Lipinski definition) is 0. The number of anilines is 1. The van der Waals surface area contributed by atoms with E-state index in [0.29, 0.717) is 37.0 Å². The molecule has 4 rings (SSSR count). The van der Waals surface area contributed by atoms with Crippen LogP contribution in [0.3, 0.4) is 0 Å². The van der Waals surface area contributed by atoms with Gasteiger partial charge in [0, 0.05) is 31.4 Å². The molecule has 1 saturated heterocycles. The van der Waals surface area contributed by atoms with Crippen LogP contribution in [0, 0.1) is 0 Å². The highest BCUT2D eigenvalue weighted by molar-refractivity contribution is 5.51. The van der Waals surface area contributed by atoms with Crippen molar-refractivity contribution in [3.63, 3.8) is 0 Å². The third-order valence-electron chi connectivity index (χ3n) is 4.50. The van der Waals surface area contributed by atoms with Gasteiger partial charge in [0.2, 0.25) is 0 Å². The Morgan fingerprint density at radius 2 is 1.96 bits per heavy atom. The fourth-order valence-electron chi connectivity index (χ4n) is 3.04. The molecule has 140 valence electrons. The lowest BCUT2D eigenvalue weighted by Gasteiger charge is -2.27. The maximum atomic E-state index is 12.4. The van der Waals surface area contributed by atoms with Gasteiger partial charge in [0.1, 0.15) is 29.6 Å². The van der Waals surface area contributed by atoms with Gasteiger partial charge >= 0.3 is 0 Å². The van der Waals surface area contributed by atoms with Crippen LogP contribution in [-0.4, -0.2) is 42.8 Å². The van der Waals surface area contributed by atoms with Crippen LogP contribution < -0.4 is 19.9 Å². The van der Waals surface area contributed by atoms with E-state index in [0.717, 1.165) is 24.4 Å². The first kappa shape index (κ1) is 17.4. The van der Waals surface area contributed by atoms with Crippen LogP contribution in [0.5, 0.6) is 11.5 Å². The molecule has 27 heavy (non-hydrogen) atoms. The molecule has 1 aliphatic rings. The van der Waals surface area contributed by atoms with E-state index in [1.807, 2.05) is 24.3 Å². The number of methoxy groups -OCH3 is 1. The van der Waals surface area contributed by atoms with E-state index in [1.54, 1.807) is 31.5 Å². The van der Waals surface area contributed by atoms with Crippen molar-refractivity contribution in [3.8, 4) is 11.5 Å². The first-order valence-corrected chi connectivity index (χ1v) is 8.85. The Morgan fingerprint density at radius 1 is 1.11 bits per heavy atom. The van der Waals surface area contributed by atoms with Crippen molar-refractivity contribution in [1.29, 1.82) is 0 Å². The predicted molar refractivity (Wildman–Crippen MR) is 102 cm³/mol. The average molecular weight is 367 g/mol. The summed E-state index contributed by atoms with van der Waals surface area (Å²) in [5, 5.41) is 0. The summed E-state index contributed by atoms with van der Waals surface area (Å²) < 4.78 is 18.0. The van der Waals surface area contributed by atoms with Gasteiger partial charge in [0.15, 0.2) is 0 Å². The van der Waals surface area contributed by atoms with Crippen molar-refractivity contribution < 1.29 is 14.2 Å². The van der Waals surface area contributed by atoms with Crippen molar-refractivity contribution in [2.75, 3.05) is 38.3 Å². The first-order valence-electron chi connectivity index (χ1n) is 8.85. The van der Waals surface area contributed by atoms with Crippen LogP contribution in [-0.2, 0) is 11.3 Å². The smallest absolute Gasteiger partial charge is 0.259 e. The summed E-state index contributed by atoms with van der Waals surface area (Å²) in [6, 6.07) is 12.8. The van der Waals surface area contributed by atoms with Crippen LogP contribution >= 0.6 is 0 Å². The molecular formula is C20H21N3O4.